The molecule has 2 aliphatic rings. The van der Waals surface area contributed by atoms with E-state index in [1.165, 1.54) is 23.9 Å². The number of carbonyl (C=O) groups is 1. The number of hydrogen-bond acceptors (Lipinski definition) is 7. The van der Waals surface area contributed by atoms with E-state index in [9.17, 15) is 14.9 Å². The molecule has 0 amide bonds. The maximum Gasteiger partial charge on any atom is 0.269 e. The second-order valence-electron chi connectivity index (χ2n) is 7.62. The van der Waals surface area contributed by atoms with Crippen molar-refractivity contribution < 1.29 is 9.72 Å². The van der Waals surface area contributed by atoms with Crippen LogP contribution in [0.3, 0.4) is 0 Å². The number of nitro groups is 1. The summed E-state index contributed by atoms with van der Waals surface area (Å²) in [5.74, 6) is 1.35. The number of benzene rings is 2. The van der Waals surface area contributed by atoms with Crippen LogP contribution in [0.1, 0.15) is 36.4 Å². The summed E-state index contributed by atoms with van der Waals surface area (Å²) in [5.41, 5.74) is 3.69. The lowest BCUT2D eigenvalue weighted by molar-refractivity contribution is -0.384. The summed E-state index contributed by atoms with van der Waals surface area (Å²) < 4.78 is 2.77. The smallest absolute Gasteiger partial charge is 0.269 e. The average Bonchev–Trinajstić information content (AvgIpc) is 3.20. The zero-order chi connectivity index (χ0) is 22.2. The number of carbonyl (C=O) groups excluding carboxylic acids is 1. The molecule has 0 unspecified atom stereocenters. The molecule has 0 fully saturated rings. The summed E-state index contributed by atoms with van der Waals surface area (Å²) in [4.78, 5) is 28.0. The Bertz CT molecular complexity index is 1240. The molecule has 1 atom stereocenters. The highest BCUT2D eigenvalue weighted by Gasteiger charge is 2.36. The van der Waals surface area contributed by atoms with Gasteiger partial charge in [0.05, 0.1) is 4.92 Å². The maximum atomic E-state index is 12.9. The van der Waals surface area contributed by atoms with E-state index in [4.69, 9.17) is 5.10 Å². The largest absolute Gasteiger partial charge is 0.328 e. The number of ketones is 1. The van der Waals surface area contributed by atoms with Gasteiger partial charge in [-0.3, -0.25) is 14.9 Å². The third kappa shape index (κ3) is 3.95. The third-order valence-electron chi connectivity index (χ3n) is 5.55. The van der Waals surface area contributed by atoms with Crippen molar-refractivity contribution in [2.75, 3.05) is 5.32 Å². The van der Waals surface area contributed by atoms with E-state index < -0.39 is 4.92 Å². The van der Waals surface area contributed by atoms with Crippen LogP contribution in [0, 0.1) is 10.1 Å². The summed E-state index contributed by atoms with van der Waals surface area (Å²) in [7, 11) is 0. The molecule has 5 rings (SSSR count). The van der Waals surface area contributed by atoms with Crippen molar-refractivity contribution in [3.8, 4) is 0 Å². The number of nitro benzene ring substituents is 1. The second kappa shape index (κ2) is 8.51. The SMILES string of the molecule is O=C1CCCC2=C1[C@@H](c1ccc(Br)cc1)n1nc(SCc3ccc([N+](=O)[O-])cc3)nc1N2. The van der Waals surface area contributed by atoms with E-state index in [-0.39, 0.29) is 17.5 Å². The molecular formula is C22H18BrN5O3S. The zero-order valence-electron chi connectivity index (χ0n) is 16.8. The summed E-state index contributed by atoms with van der Waals surface area (Å²) >= 11 is 4.93. The quantitative estimate of drug-likeness (QED) is 0.283. The Morgan fingerprint density at radius 1 is 1.16 bits per heavy atom. The third-order valence-corrected chi connectivity index (χ3v) is 6.99. The normalized spacial score (nSPS) is 17.5. The number of thioether (sulfide) groups is 1. The van der Waals surface area contributed by atoms with Crippen molar-refractivity contribution in [1.29, 1.82) is 0 Å². The second-order valence-corrected chi connectivity index (χ2v) is 9.48. The summed E-state index contributed by atoms with van der Waals surface area (Å²) in [6, 6.07) is 14.1. The number of anilines is 1. The van der Waals surface area contributed by atoms with Gasteiger partial charge in [0.2, 0.25) is 11.1 Å². The highest BCUT2D eigenvalue weighted by atomic mass is 79.9. The minimum Gasteiger partial charge on any atom is -0.328 e. The van der Waals surface area contributed by atoms with E-state index in [1.54, 1.807) is 16.8 Å². The number of nitrogens with zero attached hydrogens (tertiary/aromatic N) is 4. The Balaban J connectivity index is 1.45. The Morgan fingerprint density at radius 2 is 1.91 bits per heavy atom. The lowest BCUT2D eigenvalue weighted by atomic mass is 9.85. The van der Waals surface area contributed by atoms with Crippen LogP contribution in [0.15, 0.2) is 69.4 Å². The fraction of sp³-hybridized carbons (Fsp3) is 0.227. The number of Topliss-reactive ketones (excluding diaryl/α,β-unsaturated/α-hetero) is 1. The van der Waals surface area contributed by atoms with Gasteiger partial charge in [-0.1, -0.05) is 52.0 Å². The highest BCUT2D eigenvalue weighted by molar-refractivity contribution is 9.10. The number of hydrogen-bond donors (Lipinski definition) is 1. The lowest BCUT2D eigenvalue weighted by Crippen LogP contribution is -2.31. The topological polar surface area (TPSA) is 103 Å². The minimum absolute atomic E-state index is 0.0668. The van der Waals surface area contributed by atoms with Crippen molar-refractivity contribution in [1.82, 2.24) is 14.8 Å². The van der Waals surface area contributed by atoms with Crippen LogP contribution in [-0.4, -0.2) is 25.5 Å². The predicted molar refractivity (Wildman–Crippen MR) is 124 cm³/mol. The first-order chi connectivity index (χ1) is 15.5. The first-order valence-electron chi connectivity index (χ1n) is 10.1. The molecule has 1 N–H and O–H groups in total. The van der Waals surface area contributed by atoms with Crippen LogP contribution in [0.25, 0.3) is 0 Å². The Labute approximate surface area is 196 Å². The first-order valence-corrected chi connectivity index (χ1v) is 11.9. The molecule has 3 aromatic rings. The lowest BCUT2D eigenvalue weighted by Gasteiger charge is -2.32. The van der Waals surface area contributed by atoms with Crippen molar-refractivity contribution in [2.45, 2.75) is 36.2 Å². The van der Waals surface area contributed by atoms with E-state index in [0.29, 0.717) is 23.3 Å². The van der Waals surface area contributed by atoms with Gasteiger partial charge in [-0.25, -0.2) is 4.68 Å². The van der Waals surface area contributed by atoms with Gasteiger partial charge in [0.1, 0.15) is 6.04 Å². The van der Waals surface area contributed by atoms with Crippen molar-refractivity contribution in [3.05, 3.63) is 85.5 Å². The van der Waals surface area contributed by atoms with Crippen molar-refractivity contribution in [2.24, 2.45) is 0 Å². The monoisotopic (exact) mass is 511 g/mol. The van der Waals surface area contributed by atoms with Gasteiger partial charge in [-0.15, -0.1) is 5.10 Å². The standard InChI is InChI=1S/C22H18BrN5O3S/c23-15-8-6-14(7-9-15)20-19-17(2-1-3-18(19)29)24-21-25-22(26-27(20)21)32-12-13-4-10-16(11-5-13)28(30)31/h4-11,20H,1-3,12H2,(H,24,25,26)/t20-/m1/s1. The van der Waals surface area contributed by atoms with E-state index in [1.807, 2.05) is 24.3 Å². The molecular weight excluding hydrogens is 494 g/mol. The Morgan fingerprint density at radius 3 is 2.62 bits per heavy atom. The van der Waals surface area contributed by atoms with Crippen LogP contribution in [-0.2, 0) is 10.5 Å². The molecule has 0 spiro atoms. The highest BCUT2D eigenvalue weighted by Crippen LogP contribution is 2.41. The number of nitrogens with one attached hydrogen (secondary N) is 1. The Kier molecular flexibility index (Phi) is 5.56. The molecule has 10 heteroatoms. The molecule has 0 saturated carbocycles. The number of fused-ring (bicyclic) bond motifs is 1. The van der Waals surface area contributed by atoms with Gasteiger partial charge in [0.15, 0.2) is 5.78 Å². The van der Waals surface area contributed by atoms with Gasteiger partial charge in [0, 0.05) is 40.0 Å². The first kappa shape index (κ1) is 20.9. The fourth-order valence-corrected chi connectivity index (χ4v) is 5.06. The van der Waals surface area contributed by atoms with Crippen LogP contribution in [0.2, 0.25) is 0 Å². The van der Waals surface area contributed by atoms with Gasteiger partial charge < -0.3 is 5.32 Å². The molecule has 1 aliphatic heterocycles. The molecule has 8 nitrogen and oxygen atoms in total. The van der Waals surface area contributed by atoms with E-state index in [0.717, 1.165) is 39.7 Å². The Hall–Kier alpha value is -2.98. The van der Waals surface area contributed by atoms with E-state index >= 15 is 0 Å². The molecule has 1 aliphatic carbocycles. The molecule has 2 heterocycles. The van der Waals surface area contributed by atoms with Gasteiger partial charge in [-0.2, -0.15) is 4.98 Å². The van der Waals surface area contributed by atoms with Crippen molar-refractivity contribution >= 4 is 45.1 Å². The summed E-state index contributed by atoms with van der Waals surface area (Å²) in [6.45, 7) is 0. The molecule has 0 radical (unpaired) electrons. The van der Waals surface area contributed by atoms with Gasteiger partial charge >= 0.3 is 0 Å². The predicted octanol–water partition coefficient (Wildman–Crippen LogP) is 5.26. The number of aromatic nitrogens is 3. The van der Waals surface area contributed by atoms with Crippen LogP contribution < -0.4 is 5.32 Å². The molecule has 1 aromatic heterocycles. The molecule has 0 saturated heterocycles. The average molecular weight is 512 g/mol. The summed E-state index contributed by atoms with van der Waals surface area (Å²) in [5, 5.41) is 19.5. The van der Waals surface area contributed by atoms with Gasteiger partial charge in [-0.05, 0) is 36.1 Å². The minimum atomic E-state index is -0.411. The maximum absolute atomic E-state index is 12.9. The van der Waals surface area contributed by atoms with Crippen LogP contribution in [0.5, 0.6) is 0 Å². The fourth-order valence-electron chi connectivity index (χ4n) is 4.01. The molecule has 32 heavy (non-hydrogen) atoms. The van der Waals surface area contributed by atoms with Crippen molar-refractivity contribution in [3.63, 3.8) is 0 Å². The molecule has 162 valence electrons. The molecule has 0 bridgehead atoms. The number of rotatable bonds is 5. The van der Waals surface area contributed by atoms with Crippen LogP contribution in [0.4, 0.5) is 11.6 Å². The zero-order valence-corrected chi connectivity index (χ0v) is 19.2. The number of halogens is 1. The number of allylic oxidation sites excluding steroid dienone is 2. The number of non-ortho nitro benzene ring substituents is 1. The van der Waals surface area contributed by atoms with E-state index in [2.05, 4.69) is 26.2 Å². The van der Waals surface area contributed by atoms with Crippen LogP contribution >= 0.6 is 27.7 Å². The van der Waals surface area contributed by atoms with Gasteiger partial charge in [0.25, 0.3) is 5.69 Å². The molecule has 2 aromatic carbocycles. The summed E-state index contributed by atoms with van der Waals surface area (Å²) in [6.07, 6.45) is 2.18.